The first-order valence-electron chi connectivity index (χ1n) is 13.5. The van der Waals surface area contributed by atoms with Crippen LogP contribution in [0.1, 0.15) is 125 Å². The van der Waals surface area contributed by atoms with Crippen molar-refractivity contribution in [3.05, 3.63) is 0 Å². The molecule has 0 aromatic rings. The number of hydrogen-bond donors (Lipinski definition) is 0. The topological polar surface area (TPSA) is 0 Å². The molecule has 0 radical (unpaired) electrons. The monoisotopic (exact) mass is 542 g/mol. The third-order valence-corrected chi connectivity index (χ3v) is 95.6. The number of rotatable bonds is 3. The van der Waals surface area contributed by atoms with E-state index in [0.29, 0.717) is 30.2 Å². The van der Waals surface area contributed by atoms with E-state index in [0.717, 1.165) is 0 Å². The number of hydrogen-bond acceptors (Lipinski definition) is 0. The molecule has 0 saturated carbocycles. The van der Waals surface area contributed by atoms with E-state index in [1.165, 1.54) is 0 Å². The van der Waals surface area contributed by atoms with Crippen LogP contribution in [0.3, 0.4) is 0 Å². The molecule has 33 heavy (non-hydrogen) atoms. The maximum absolute atomic E-state index is 2.92. The highest BCUT2D eigenvalue weighted by Gasteiger charge is 2.64. The molecule has 0 aliphatic heterocycles. The van der Waals surface area contributed by atoms with E-state index < -0.39 is 37.1 Å². The van der Waals surface area contributed by atoms with Gasteiger partial charge in [-0.1, -0.05) is 151 Å². The average molecular weight is 543 g/mol. The van der Waals surface area contributed by atoms with Gasteiger partial charge in [-0.25, -0.2) is 0 Å². The van der Waals surface area contributed by atoms with E-state index in [1.54, 1.807) is 0 Å². The van der Waals surface area contributed by atoms with Crippen molar-refractivity contribution in [2.24, 2.45) is 0 Å². The Bertz CT molecular complexity index is 650. The quantitative estimate of drug-likeness (QED) is 0.311. The van der Waals surface area contributed by atoms with Crippen molar-refractivity contribution in [1.29, 1.82) is 0 Å². The minimum absolute atomic E-state index is 0.418. The summed E-state index contributed by atoms with van der Waals surface area (Å²) in [6.45, 7) is 58.5. The predicted octanol–water partition coefficient (Wildman–Crippen LogP) is 11.0. The Labute approximate surface area is 217 Å². The zero-order valence-corrected chi connectivity index (χ0v) is 32.5. The normalized spacial score (nSPS) is 16.2. The second-order valence-electron chi connectivity index (χ2n) is 17.9. The van der Waals surface area contributed by atoms with Gasteiger partial charge in [0.05, 0.1) is 22.8 Å². The minimum Gasteiger partial charge on any atom is -0.0684 e. The van der Waals surface area contributed by atoms with E-state index >= 15 is 0 Å². The van der Waals surface area contributed by atoms with Crippen molar-refractivity contribution >= 4 is 37.1 Å². The van der Waals surface area contributed by atoms with Gasteiger partial charge in [-0.05, 0) is 44.6 Å². The minimum atomic E-state index is -1.72. The second-order valence-corrected chi connectivity index (χ2v) is 59.6. The maximum atomic E-state index is 2.92. The van der Waals surface area contributed by atoms with Gasteiger partial charge >= 0.3 is 0 Å². The van der Waals surface area contributed by atoms with E-state index in [1.807, 2.05) is 0 Å². The van der Waals surface area contributed by atoms with Crippen LogP contribution in [0.15, 0.2) is 0 Å². The molecule has 198 valence electrons. The lowest BCUT2D eigenvalue weighted by atomic mass is 10.2. The van der Waals surface area contributed by atoms with Crippen LogP contribution in [0.25, 0.3) is 0 Å². The summed E-state index contributed by atoms with van der Waals surface area (Å²) in [6, 6.07) is 0. The van der Waals surface area contributed by atoms with Crippen molar-refractivity contribution in [2.75, 3.05) is 0 Å². The highest BCUT2D eigenvalue weighted by molar-refractivity contribution is 7.74. The smallest absolute Gasteiger partial charge is 0.0662 e. The van der Waals surface area contributed by atoms with Crippen molar-refractivity contribution in [3.63, 3.8) is 0 Å². The zero-order valence-electron chi connectivity index (χ0n) is 27.5. The molecule has 0 spiro atoms. The average Bonchev–Trinajstić information content (AvgIpc) is 2.46. The van der Waals surface area contributed by atoms with Crippen molar-refractivity contribution in [1.82, 2.24) is 0 Å². The lowest BCUT2D eigenvalue weighted by molar-refractivity contribution is 0.626. The molecule has 0 aromatic carbocycles. The molecule has 0 rings (SSSR count). The molecule has 0 fully saturated rings. The van der Waals surface area contributed by atoms with Gasteiger partial charge in [0.2, 0.25) is 0 Å². The van der Waals surface area contributed by atoms with Gasteiger partial charge in [-0.2, -0.15) is 0 Å². The van der Waals surface area contributed by atoms with E-state index in [4.69, 9.17) is 0 Å². The fraction of sp³-hybridized carbons (Fsp3) is 1.00. The molecule has 0 bridgehead atoms. The molecule has 0 aliphatic carbocycles. The molecule has 5 heteroatoms. The van der Waals surface area contributed by atoms with Gasteiger partial charge in [-0.15, -0.1) is 0 Å². The van der Waals surface area contributed by atoms with Crippen LogP contribution in [0.2, 0.25) is 56.4 Å². The van der Waals surface area contributed by atoms with Crippen LogP contribution >= 0.6 is 0 Å². The summed E-state index contributed by atoms with van der Waals surface area (Å²) in [7, 11) is -5.64. The fourth-order valence-electron chi connectivity index (χ4n) is 7.50. The predicted molar refractivity (Wildman–Crippen MR) is 171 cm³/mol. The van der Waals surface area contributed by atoms with Crippen molar-refractivity contribution < 1.29 is 0 Å². The first-order chi connectivity index (χ1) is 13.8. The van der Waals surface area contributed by atoms with Crippen LogP contribution in [0.4, 0.5) is 0 Å². The summed E-state index contributed by atoms with van der Waals surface area (Å²) in [5, 5.41) is 2.53. The Balaban J connectivity index is 8.64. The lowest BCUT2D eigenvalue weighted by Crippen LogP contribution is -2.77. The van der Waals surface area contributed by atoms with Gasteiger partial charge < -0.3 is 0 Å². The first-order valence-corrected chi connectivity index (χ1v) is 28.5. The van der Waals surface area contributed by atoms with Gasteiger partial charge in [0.25, 0.3) is 0 Å². The van der Waals surface area contributed by atoms with Gasteiger partial charge in [0.15, 0.2) is 0 Å². The van der Waals surface area contributed by atoms with Crippen LogP contribution in [-0.2, 0) is 0 Å². The van der Waals surface area contributed by atoms with Crippen molar-refractivity contribution in [2.45, 2.75) is 181 Å². The van der Waals surface area contributed by atoms with Crippen LogP contribution < -0.4 is 0 Å². The molecule has 0 nitrogen and oxygen atoms in total. The SMILES string of the molecule is C[Si](=[Si]([Si](C)(C(C)(C)C)C(C)(C)C)[Si](C)(C(C)(C)C)C(C)(C)C)[Si](C)(C(C)(C)C)C(C)(C)C. The van der Waals surface area contributed by atoms with E-state index in [2.05, 4.69) is 151 Å². The summed E-state index contributed by atoms with van der Waals surface area (Å²) in [5.41, 5.74) is 0. The first kappa shape index (κ1) is 34.1. The van der Waals surface area contributed by atoms with Crippen LogP contribution in [0, 0.1) is 0 Å². The Kier molecular flexibility index (Phi) is 9.43. The third kappa shape index (κ3) is 5.38. The fourth-order valence-corrected chi connectivity index (χ4v) is 135. The van der Waals surface area contributed by atoms with E-state index in [9.17, 15) is 0 Å². The van der Waals surface area contributed by atoms with Crippen LogP contribution in [-0.4, -0.2) is 37.1 Å². The molecule has 0 atom stereocenters. The molecule has 0 aromatic heterocycles. The van der Waals surface area contributed by atoms with Crippen LogP contribution in [0.5, 0.6) is 0 Å². The molecule has 0 amide bonds. The molecule has 0 unspecified atom stereocenters. The highest BCUT2D eigenvalue weighted by Crippen LogP contribution is 2.60. The molecular formula is C28H66Si5. The Morgan fingerprint density at radius 2 is 0.485 bits per heavy atom. The maximum Gasteiger partial charge on any atom is 0.0662 e. The molecule has 0 aliphatic rings. The summed E-state index contributed by atoms with van der Waals surface area (Å²) >= 11 is 0. The largest absolute Gasteiger partial charge is 0.0684 e. The summed E-state index contributed by atoms with van der Waals surface area (Å²) in [6.07, 6.45) is 0. The summed E-state index contributed by atoms with van der Waals surface area (Å²) < 4.78 is 0. The van der Waals surface area contributed by atoms with Gasteiger partial charge in [0.1, 0.15) is 0 Å². The standard InChI is InChI=1S/C28H66Si5/c1-23(2,3)31(20,24(4,5)6)29(19)30(32(21,25(7,8)9)26(10,11)12)33(22,27(13,14)15)28(16,17)18/h1-22H3. The zero-order chi connectivity index (χ0) is 27.7. The summed E-state index contributed by atoms with van der Waals surface area (Å²) in [5.74, 6) is 0. The van der Waals surface area contributed by atoms with Gasteiger partial charge in [0, 0.05) is 0 Å². The van der Waals surface area contributed by atoms with E-state index in [-0.39, 0.29) is 0 Å². The Morgan fingerprint density at radius 3 is 0.606 bits per heavy atom. The Hall–Kier alpha value is 1.08. The lowest BCUT2D eigenvalue weighted by Gasteiger charge is -2.64. The van der Waals surface area contributed by atoms with Crippen molar-refractivity contribution in [3.8, 4) is 0 Å². The highest BCUT2D eigenvalue weighted by atomic mass is 29.8. The molecular weight excluding hydrogens is 477 g/mol. The Morgan fingerprint density at radius 1 is 0.333 bits per heavy atom. The molecule has 0 N–H and O–H groups in total. The second kappa shape index (κ2) is 9.13. The third-order valence-electron chi connectivity index (χ3n) is 11.1. The van der Waals surface area contributed by atoms with Gasteiger partial charge in [-0.3, -0.25) is 0 Å². The molecule has 0 heterocycles. The summed E-state index contributed by atoms with van der Waals surface area (Å²) in [4.78, 5) is 0. The molecule has 0 saturated heterocycles.